The van der Waals surface area contributed by atoms with Gasteiger partial charge >= 0.3 is 12.0 Å². The van der Waals surface area contributed by atoms with Gasteiger partial charge in [0.05, 0.1) is 5.75 Å². The normalized spacial score (nSPS) is 19.8. The second-order valence-electron chi connectivity index (χ2n) is 4.14. The molecular weight excluding hydrogens is 262 g/mol. The lowest BCUT2D eigenvalue weighted by Gasteiger charge is -2.21. The van der Waals surface area contributed by atoms with Crippen molar-refractivity contribution in [1.29, 1.82) is 0 Å². The predicted molar refractivity (Wildman–Crippen MR) is 63.4 cm³/mol. The molecule has 104 valence electrons. The van der Waals surface area contributed by atoms with Crippen LogP contribution in [-0.4, -0.2) is 55.3 Å². The van der Waals surface area contributed by atoms with Gasteiger partial charge in [-0.3, -0.25) is 0 Å². The van der Waals surface area contributed by atoms with Gasteiger partial charge in [0.1, 0.15) is 6.04 Å². The van der Waals surface area contributed by atoms with Crippen LogP contribution >= 0.6 is 0 Å². The molecule has 0 spiro atoms. The van der Waals surface area contributed by atoms with E-state index in [-0.39, 0.29) is 18.7 Å². The van der Waals surface area contributed by atoms with Crippen molar-refractivity contribution in [2.45, 2.75) is 25.3 Å². The predicted octanol–water partition coefficient (Wildman–Crippen LogP) is -1.08. The summed E-state index contributed by atoms with van der Waals surface area (Å²) < 4.78 is 21.3. The van der Waals surface area contributed by atoms with Gasteiger partial charge in [0.2, 0.25) is 10.0 Å². The molecule has 18 heavy (non-hydrogen) atoms. The molecular formula is C9H17N3O5S. The smallest absolute Gasteiger partial charge is 0.326 e. The lowest BCUT2D eigenvalue weighted by molar-refractivity contribution is -0.141. The standard InChI is InChI=1S/C9H17N3O5S/c10-18(16,17)6-2-4-11-9(15)12-5-1-3-7(12)8(13)14/h7H,1-6H2,(H,11,15)(H,13,14)(H2,10,16,17)/t7-/m1/s1. The SMILES string of the molecule is NS(=O)(=O)CCCNC(=O)N1CCC[C@@H]1C(=O)O. The molecule has 1 heterocycles. The number of carbonyl (C=O) groups excluding carboxylic acids is 1. The van der Waals surface area contributed by atoms with Crippen LogP contribution in [0.4, 0.5) is 4.79 Å². The maximum atomic E-state index is 11.7. The average Bonchev–Trinajstić information content (AvgIpc) is 2.71. The van der Waals surface area contributed by atoms with E-state index in [0.29, 0.717) is 19.4 Å². The van der Waals surface area contributed by atoms with Gasteiger partial charge in [-0.25, -0.2) is 23.1 Å². The van der Waals surface area contributed by atoms with Gasteiger partial charge in [0.25, 0.3) is 0 Å². The first-order chi connectivity index (χ1) is 8.31. The second-order valence-corrected chi connectivity index (χ2v) is 5.88. The van der Waals surface area contributed by atoms with Crippen LogP contribution in [0.25, 0.3) is 0 Å². The minimum atomic E-state index is -3.52. The van der Waals surface area contributed by atoms with Crippen LogP contribution < -0.4 is 10.5 Å². The number of aliphatic carboxylic acids is 1. The van der Waals surface area contributed by atoms with Crippen LogP contribution in [0, 0.1) is 0 Å². The van der Waals surface area contributed by atoms with E-state index in [1.54, 1.807) is 0 Å². The van der Waals surface area contributed by atoms with Crippen molar-refractivity contribution in [2.75, 3.05) is 18.8 Å². The number of hydrogen-bond acceptors (Lipinski definition) is 4. The Labute approximate surface area is 105 Å². The highest BCUT2D eigenvalue weighted by Crippen LogP contribution is 2.17. The van der Waals surface area contributed by atoms with E-state index in [1.807, 2.05) is 0 Å². The van der Waals surface area contributed by atoms with Crippen molar-refractivity contribution in [2.24, 2.45) is 5.14 Å². The molecule has 9 heteroatoms. The van der Waals surface area contributed by atoms with Gasteiger partial charge in [-0.05, 0) is 19.3 Å². The Hall–Kier alpha value is -1.35. The molecule has 0 unspecified atom stereocenters. The zero-order chi connectivity index (χ0) is 13.8. The third-order valence-corrected chi connectivity index (χ3v) is 3.54. The lowest BCUT2D eigenvalue weighted by Crippen LogP contribution is -2.46. The zero-order valence-corrected chi connectivity index (χ0v) is 10.6. The Kier molecular flexibility index (Phi) is 4.91. The Bertz CT molecular complexity index is 422. The van der Waals surface area contributed by atoms with Crippen LogP contribution in [-0.2, 0) is 14.8 Å². The first kappa shape index (κ1) is 14.7. The summed E-state index contributed by atoms with van der Waals surface area (Å²) >= 11 is 0. The molecule has 4 N–H and O–H groups in total. The van der Waals surface area contributed by atoms with Crippen LogP contribution in [0.15, 0.2) is 0 Å². The highest BCUT2D eigenvalue weighted by atomic mass is 32.2. The van der Waals surface area contributed by atoms with Crippen molar-refractivity contribution in [3.05, 3.63) is 0 Å². The summed E-state index contributed by atoms with van der Waals surface area (Å²) in [4.78, 5) is 23.8. The number of nitrogens with one attached hydrogen (secondary N) is 1. The summed E-state index contributed by atoms with van der Waals surface area (Å²) in [6.07, 6.45) is 1.30. The Morgan fingerprint density at radius 3 is 2.67 bits per heavy atom. The van der Waals surface area contributed by atoms with Crippen molar-refractivity contribution >= 4 is 22.0 Å². The summed E-state index contributed by atoms with van der Waals surface area (Å²) in [6.45, 7) is 0.552. The fraction of sp³-hybridized carbons (Fsp3) is 0.778. The number of amides is 2. The minimum Gasteiger partial charge on any atom is -0.480 e. The number of carbonyl (C=O) groups is 2. The summed E-state index contributed by atoms with van der Waals surface area (Å²) in [5.74, 6) is -1.23. The number of carboxylic acids is 1. The monoisotopic (exact) mass is 279 g/mol. The molecule has 8 nitrogen and oxygen atoms in total. The molecule has 0 radical (unpaired) electrons. The maximum Gasteiger partial charge on any atom is 0.326 e. The second kappa shape index (κ2) is 6.01. The fourth-order valence-electron chi connectivity index (χ4n) is 1.84. The van der Waals surface area contributed by atoms with Crippen LogP contribution in [0.1, 0.15) is 19.3 Å². The molecule has 0 aromatic heterocycles. The summed E-state index contributed by atoms with van der Waals surface area (Å²) in [6, 6.07) is -1.27. The quantitative estimate of drug-likeness (QED) is 0.551. The van der Waals surface area contributed by atoms with Crippen molar-refractivity contribution < 1.29 is 23.1 Å². The topological polar surface area (TPSA) is 130 Å². The van der Waals surface area contributed by atoms with Gasteiger partial charge in [-0.1, -0.05) is 0 Å². The van der Waals surface area contributed by atoms with Crippen molar-refractivity contribution in [1.82, 2.24) is 10.2 Å². The molecule has 1 fully saturated rings. The summed E-state index contributed by atoms with van der Waals surface area (Å²) in [7, 11) is -3.52. The summed E-state index contributed by atoms with van der Waals surface area (Å²) in [5.41, 5.74) is 0. The van der Waals surface area contributed by atoms with Crippen molar-refractivity contribution in [3.8, 4) is 0 Å². The molecule has 0 aromatic rings. The van der Waals surface area contributed by atoms with Gasteiger partial charge < -0.3 is 15.3 Å². The number of likely N-dealkylation sites (tertiary alicyclic amines) is 1. The summed E-state index contributed by atoms with van der Waals surface area (Å²) in [5, 5.41) is 16.2. The fourth-order valence-corrected chi connectivity index (χ4v) is 2.38. The van der Waals surface area contributed by atoms with Crippen LogP contribution in [0.3, 0.4) is 0 Å². The van der Waals surface area contributed by atoms with E-state index in [4.69, 9.17) is 10.2 Å². The third kappa shape index (κ3) is 4.49. The third-order valence-electron chi connectivity index (χ3n) is 2.68. The van der Waals surface area contributed by atoms with Gasteiger partial charge in [0.15, 0.2) is 0 Å². The van der Waals surface area contributed by atoms with E-state index in [9.17, 15) is 18.0 Å². The zero-order valence-electron chi connectivity index (χ0n) is 9.83. The number of sulfonamides is 1. The molecule has 0 saturated carbocycles. The molecule has 0 aliphatic carbocycles. The number of nitrogens with zero attached hydrogens (tertiary/aromatic N) is 1. The van der Waals surface area contributed by atoms with E-state index < -0.39 is 28.1 Å². The first-order valence-electron chi connectivity index (χ1n) is 5.59. The number of nitrogens with two attached hydrogens (primary N) is 1. The first-order valence-corrected chi connectivity index (χ1v) is 7.30. The van der Waals surface area contributed by atoms with Crippen LogP contribution in [0.2, 0.25) is 0 Å². The Morgan fingerprint density at radius 2 is 2.11 bits per heavy atom. The van der Waals surface area contributed by atoms with E-state index in [2.05, 4.69) is 5.32 Å². The molecule has 0 aromatic carbocycles. The number of hydrogen-bond donors (Lipinski definition) is 3. The van der Waals surface area contributed by atoms with E-state index in [0.717, 1.165) is 0 Å². The molecule has 1 saturated heterocycles. The molecule has 1 aliphatic heterocycles. The van der Waals surface area contributed by atoms with Crippen molar-refractivity contribution in [3.63, 3.8) is 0 Å². The maximum absolute atomic E-state index is 11.7. The highest BCUT2D eigenvalue weighted by Gasteiger charge is 2.33. The number of urea groups is 1. The Morgan fingerprint density at radius 1 is 1.44 bits per heavy atom. The highest BCUT2D eigenvalue weighted by molar-refractivity contribution is 7.89. The van der Waals surface area contributed by atoms with Gasteiger partial charge in [-0.15, -0.1) is 0 Å². The number of rotatable bonds is 5. The molecule has 1 aliphatic rings. The van der Waals surface area contributed by atoms with E-state index >= 15 is 0 Å². The number of carboxylic acid groups (broad SMARTS) is 1. The number of primary sulfonamides is 1. The lowest BCUT2D eigenvalue weighted by atomic mass is 10.2. The minimum absolute atomic E-state index is 0.151. The van der Waals surface area contributed by atoms with Crippen LogP contribution in [0.5, 0.6) is 0 Å². The van der Waals surface area contributed by atoms with E-state index in [1.165, 1.54) is 4.90 Å². The largest absolute Gasteiger partial charge is 0.480 e. The molecule has 1 atom stereocenters. The molecule has 0 bridgehead atoms. The Balaban J connectivity index is 2.35. The average molecular weight is 279 g/mol. The van der Waals surface area contributed by atoms with Gasteiger partial charge in [-0.2, -0.15) is 0 Å². The molecule has 1 rings (SSSR count). The molecule has 2 amide bonds. The van der Waals surface area contributed by atoms with Gasteiger partial charge in [0, 0.05) is 13.1 Å².